The minimum atomic E-state index is -3.41. The van der Waals surface area contributed by atoms with Crippen LogP contribution in [0.2, 0.25) is 0 Å². The van der Waals surface area contributed by atoms with Crippen molar-refractivity contribution in [1.29, 1.82) is 0 Å². The van der Waals surface area contributed by atoms with Gasteiger partial charge in [-0.3, -0.25) is 4.18 Å². The molecular formula is C19H30O7S. The first-order valence-corrected chi connectivity index (χ1v) is 12.2. The van der Waals surface area contributed by atoms with Gasteiger partial charge in [-0.05, 0) is 32.1 Å². The molecule has 5 aliphatic rings. The zero-order chi connectivity index (χ0) is 18.7. The molecule has 5 fully saturated rings. The van der Waals surface area contributed by atoms with Crippen LogP contribution in [0.3, 0.4) is 0 Å². The summed E-state index contributed by atoms with van der Waals surface area (Å²) < 4.78 is 53.1. The fourth-order valence-electron chi connectivity index (χ4n) is 5.86. The second kappa shape index (κ2) is 6.64. The van der Waals surface area contributed by atoms with Gasteiger partial charge in [-0.2, -0.15) is 8.42 Å². The van der Waals surface area contributed by atoms with E-state index in [0.29, 0.717) is 6.42 Å². The minimum absolute atomic E-state index is 0.00728. The zero-order valence-electron chi connectivity index (χ0n) is 15.9. The highest BCUT2D eigenvalue weighted by molar-refractivity contribution is 7.85. The zero-order valence-corrected chi connectivity index (χ0v) is 16.7. The molecule has 0 aromatic heterocycles. The lowest BCUT2D eigenvalue weighted by atomic mass is 9.76. The van der Waals surface area contributed by atoms with E-state index in [1.807, 2.05) is 0 Å². The molecule has 3 saturated heterocycles. The van der Waals surface area contributed by atoms with Crippen LogP contribution in [-0.4, -0.2) is 63.2 Å². The maximum Gasteiger partial charge on any atom is 0.264 e. The topological polar surface area (TPSA) is 80.3 Å². The van der Waals surface area contributed by atoms with Crippen LogP contribution >= 0.6 is 0 Å². The second-order valence-corrected chi connectivity index (χ2v) is 10.6. The van der Waals surface area contributed by atoms with E-state index in [-0.39, 0.29) is 42.7 Å². The normalized spacial score (nSPS) is 45.6. The Labute approximate surface area is 161 Å². The molecule has 7 nitrogen and oxygen atoms in total. The van der Waals surface area contributed by atoms with Gasteiger partial charge in [0.25, 0.3) is 10.1 Å². The highest BCUT2D eigenvalue weighted by Crippen LogP contribution is 2.55. The van der Waals surface area contributed by atoms with Crippen LogP contribution in [0.15, 0.2) is 0 Å². The summed E-state index contributed by atoms with van der Waals surface area (Å²) in [6, 6.07) is 0. The molecule has 0 aromatic carbocycles. The van der Waals surface area contributed by atoms with Crippen LogP contribution in [-0.2, 0) is 33.2 Å². The first-order valence-electron chi connectivity index (χ1n) is 10.4. The summed E-state index contributed by atoms with van der Waals surface area (Å²) in [5.74, 6) is -0.398. The molecule has 1 unspecified atom stereocenters. The summed E-state index contributed by atoms with van der Waals surface area (Å²) in [6.07, 6.45) is 10.9. The summed E-state index contributed by atoms with van der Waals surface area (Å²) in [5.41, 5.74) is -0.316. The molecule has 3 heterocycles. The first-order chi connectivity index (χ1) is 12.9. The van der Waals surface area contributed by atoms with Crippen LogP contribution in [0.25, 0.3) is 0 Å². The standard InChI is InChI=1S/C19H30O7S/c1-27(20,21)22-10-7-13-5-6-16-18(24-13)11-14(23-16)17-15(12-18)25-19(26-17)8-3-2-4-9-19/h13-17H,2-12H2,1H3/t13-,14-,15-,16+,17?,18-/m1/s1. The van der Waals surface area contributed by atoms with Crippen molar-refractivity contribution in [3.8, 4) is 0 Å². The van der Waals surface area contributed by atoms with Crippen LogP contribution in [0.5, 0.6) is 0 Å². The molecule has 8 heteroatoms. The van der Waals surface area contributed by atoms with Crippen molar-refractivity contribution in [2.24, 2.45) is 0 Å². The average molecular weight is 403 g/mol. The molecule has 2 spiro atoms. The van der Waals surface area contributed by atoms with E-state index in [2.05, 4.69) is 0 Å². The van der Waals surface area contributed by atoms with Crippen molar-refractivity contribution < 1.29 is 31.5 Å². The lowest BCUT2D eigenvalue weighted by Gasteiger charge is -2.44. The van der Waals surface area contributed by atoms with E-state index in [1.54, 1.807) is 0 Å². The van der Waals surface area contributed by atoms with Crippen LogP contribution in [0.1, 0.15) is 64.2 Å². The van der Waals surface area contributed by atoms with E-state index in [4.69, 9.17) is 23.1 Å². The van der Waals surface area contributed by atoms with Gasteiger partial charge in [0.15, 0.2) is 5.79 Å². The molecule has 0 aromatic rings. The summed E-state index contributed by atoms with van der Waals surface area (Å²) in [4.78, 5) is 0. The number of ether oxygens (including phenoxy) is 4. The Bertz CT molecular complexity index is 674. The molecule has 0 radical (unpaired) electrons. The molecule has 6 atom stereocenters. The van der Waals surface area contributed by atoms with Crippen molar-refractivity contribution >= 4 is 10.1 Å². The number of hydrogen-bond donors (Lipinski definition) is 0. The van der Waals surface area contributed by atoms with Crippen molar-refractivity contribution in [3.63, 3.8) is 0 Å². The molecule has 0 amide bonds. The van der Waals surface area contributed by atoms with Crippen molar-refractivity contribution in [2.75, 3.05) is 12.9 Å². The van der Waals surface area contributed by atoms with E-state index in [1.165, 1.54) is 6.42 Å². The molecule has 3 aliphatic heterocycles. The van der Waals surface area contributed by atoms with Gasteiger partial charge < -0.3 is 18.9 Å². The lowest BCUT2D eigenvalue weighted by molar-refractivity contribution is -0.215. The first kappa shape index (κ1) is 18.8. The SMILES string of the molecule is CS(=O)(=O)OCC[C@H]1CC[C@@H]2O[C@@H]3C[C@]2(C[C@H]2OC4(CCCCC4)OC32)O1. The van der Waals surface area contributed by atoms with Gasteiger partial charge in [-0.15, -0.1) is 0 Å². The van der Waals surface area contributed by atoms with E-state index in [0.717, 1.165) is 57.6 Å². The predicted octanol–water partition coefficient (Wildman–Crippen LogP) is 2.28. The van der Waals surface area contributed by atoms with E-state index < -0.39 is 15.9 Å². The van der Waals surface area contributed by atoms with Crippen LogP contribution < -0.4 is 0 Å². The van der Waals surface area contributed by atoms with Crippen molar-refractivity contribution in [3.05, 3.63) is 0 Å². The Balaban J connectivity index is 1.26. The Kier molecular flexibility index (Phi) is 4.61. The number of rotatable bonds is 4. The van der Waals surface area contributed by atoms with Gasteiger partial charge in [-0.1, -0.05) is 6.42 Å². The van der Waals surface area contributed by atoms with Crippen molar-refractivity contribution in [1.82, 2.24) is 0 Å². The van der Waals surface area contributed by atoms with Gasteiger partial charge in [-0.25, -0.2) is 0 Å². The van der Waals surface area contributed by atoms with Crippen molar-refractivity contribution in [2.45, 2.75) is 106 Å². The Morgan fingerprint density at radius 3 is 2.56 bits per heavy atom. The third-order valence-electron chi connectivity index (χ3n) is 6.97. The average Bonchev–Trinajstić information content (AvgIpc) is 3.10. The lowest BCUT2D eigenvalue weighted by Crippen LogP contribution is -2.53. The van der Waals surface area contributed by atoms with Gasteiger partial charge >= 0.3 is 0 Å². The summed E-state index contributed by atoms with van der Waals surface area (Å²) in [5, 5.41) is 0. The van der Waals surface area contributed by atoms with Gasteiger partial charge in [0, 0.05) is 25.7 Å². The fraction of sp³-hybridized carbons (Fsp3) is 1.00. The summed E-state index contributed by atoms with van der Waals surface area (Å²) in [6.45, 7) is 0.170. The molecule has 0 N–H and O–H groups in total. The Hall–Kier alpha value is -0.250. The van der Waals surface area contributed by atoms with Gasteiger partial charge in [0.1, 0.15) is 6.10 Å². The summed E-state index contributed by atoms with van der Waals surface area (Å²) in [7, 11) is -3.41. The Morgan fingerprint density at radius 2 is 1.78 bits per heavy atom. The largest absolute Gasteiger partial charge is 0.369 e. The maximum atomic E-state index is 11.2. The van der Waals surface area contributed by atoms with Crippen LogP contribution in [0, 0.1) is 0 Å². The van der Waals surface area contributed by atoms with Crippen LogP contribution in [0.4, 0.5) is 0 Å². The van der Waals surface area contributed by atoms with Gasteiger partial charge in [0.2, 0.25) is 0 Å². The smallest absolute Gasteiger partial charge is 0.264 e. The second-order valence-electron chi connectivity index (χ2n) is 8.98. The predicted molar refractivity (Wildman–Crippen MR) is 95.7 cm³/mol. The molecular weight excluding hydrogens is 372 g/mol. The molecule has 5 rings (SSSR count). The third-order valence-corrected chi connectivity index (χ3v) is 7.57. The molecule has 154 valence electrons. The van der Waals surface area contributed by atoms with E-state index in [9.17, 15) is 8.42 Å². The highest BCUT2D eigenvalue weighted by Gasteiger charge is 2.65. The number of fused-ring (bicyclic) bond motifs is 3. The fourth-order valence-corrected chi connectivity index (χ4v) is 6.26. The molecule has 2 bridgehead atoms. The van der Waals surface area contributed by atoms with Gasteiger partial charge in [0.05, 0.1) is 42.9 Å². The maximum absolute atomic E-state index is 11.2. The van der Waals surface area contributed by atoms with E-state index >= 15 is 0 Å². The third kappa shape index (κ3) is 3.46. The minimum Gasteiger partial charge on any atom is -0.369 e. The molecule has 27 heavy (non-hydrogen) atoms. The molecule has 2 aliphatic carbocycles. The monoisotopic (exact) mass is 402 g/mol. The number of hydrogen-bond acceptors (Lipinski definition) is 7. The Morgan fingerprint density at radius 1 is 1.00 bits per heavy atom. The quantitative estimate of drug-likeness (QED) is 0.667. The highest BCUT2D eigenvalue weighted by atomic mass is 32.2. The summed E-state index contributed by atoms with van der Waals surface area (Å²) >= 11 is 0. The molecule has 2 saturated carbocycles.